The minimum atomic E-state index is -0.656. The largest absolute Gasteiger partial charge is 0.438 e. The van der Waals surface area contributed by atoms with Crippen molar-refractivity contribution in [1.29, 1.82) is 0 Å². The molecule has 0 saturated heterocycles. The van der Waals surface area contributed by atoms with E-state index in [0.29, 0.717) is 35.2 Å². The Morgan fingerprint density at radius 1 is 1.06 bits per heavy atom. The van der Waals surface area contributed by atoms with Crippen LogP contribution in [0, 0.1) is 5.82 Å². The summed E-state index contributed by atoms with van der Waals surface area (Å²) in [6.45, 7) is 6.07. The molecular weight excluding hydrogens is 433 g/mol. The number of benzene rings is 2. The lowest BCUT2D eigenvalue weighted by Crippen LogP contribution is -2.14. The highest BCUT2D eigenvalue weighted by molar-refractivity contribution is 6.04. The molecule has 7 nitrogen and oxygen atoms in total. The van der Waals surface area contributed by atoms with Crippen molar-refractivity contribution in [3.8, 4) is 23.0 Å². The Kier molecular flexibility index (Phi) is 6.87. The van der Waals surface area contributed by atoms with Crippen molar-refractivity contribution in [2.24, 2.45) is 0 Å². The Hall–Kier alpha value is -4.20. The van der Waals surface area contributed by atoms with E-state index >= 15 is 0 Å². The summed E-state index contributed by atoms with van der Waals surface area (Å²) in [5.41, 5.74) is 2.08. The number of hydrogen-bond acceptors (Lipinski definition) is 6. The molecule has 172 valence electrons. The number of aryl methyl sites for hydroxylation is 1. The predicted molar refractivity (Wildman–Crippen MR) is 127 cm³/mol. The maximum atomic E-state index is 14.5. The molecular formula is C26H24FN5O2. The van der Waals surface area contributed by atoms with Crippen LogP contribution in [0.4, 0.5) is 10.1 Å². The zero-order valence-corrected chi connectivity index (χ0v) is 19.1. The fourth-order valence-electron chi connectivity index (χ4n) is 3.30. The number of carbonyl (C=O) groups excluding carboxylic acids is 1. The Morgan fingerprint density at radius 3 is 2.71 bits per heavy atom. The van der Waals surface area contributed by atoms with Crippen molar-refractivity contribution < 1.29 is 13.9 Å². The fraction of sp³-hybridized carbons (Fsp3) is 0.192. The molecule has 0 fully saturated rings. The smallest absolute Gasteiger partial charge is 0.258 e. The molecule has 0 aliphatic rings. The lowest BCUT2D eigenvalue weighted by atomic mass is 10.0. The van der Waals surface area contributed by atoms with E-state index in [9.17, 15) is 9.18 Å². The quantitative estimate of drug-likeness (QED) is 0.377. The van der Waals surface area contributed by atoms with Crippen molar-refractivity contribution >= 4 is 11.6 Å². The van der Waals surface area contributed by atoms with Crippen LogP contribution < -0.4 is 10.1 Å². The van der Waals surface area contributed by atoms with Crippen LogP contribution in [-0.2, 0) is 6.42 Å². The van der Waals surface area contributed by atoms with E-state index in [1.54, 1.807) is 24.4 Å². The summed E-state index contributed by atoms with van der Waals surface area (Å²) in [4.78, 5) is 29.9. The second-order valence-corrected chi connectivity index (χ2v) is 7.91. The number of pyridine rings is 1. The van der Waals surface area contributed by atoms with Crippen LogP contribution in [0.5, 0.6) is 11.6 Å². The minimum Gasteiger partial charge on any atom is -0.438 e. The summed E-state index contributed by atoms with van der Waals surface area (Å²) >= 11 is 0. The first-order valence-corrected chi connectivity index (χ1v) is 11.0. The average molecular weight is 458 g/mol. The lowest BCUT2D eigenvalue weighted by molar-refractivity contribution is 0.102. The molecule has 0 spiro atoms. The molecule has 2 aromatic carbocycles. The van der Waals surface area contributed by atoms with E-state index in [0.717, 1.165) is 5.56 Å². The highest BCUT2D eigenvalue weighted by Crippen LogP contribution is 2.30. The standard InChI is InChI=1S/C26H24FN5O2/c1-4-23-29-15-30-24(32-23)20-9-6-12-28-26(20)34-19-10-11-22(27)21(14-19)25(33)31-18-8-5-7-17(13-18)16(2)3/h5-16H,4H2,1-3H3,(H,31,33). The maximum absolute atomic E-state index is 14.5. The summed E-state index contributed by atoms with van der Waals surface area (Å²) in [7, 11) is 0. The van der Waals surface area contributed by atoms with Gasteiger partial charge in [0.1, 0.15) is 23.7 Å². The van der Waals surface area contributed by atoms with Crippen LogP contribution in [0.1, 0.15) is 48.4 Å². The SMILES string of the molecule is CCc1ncnc(-c2cccnc2Oc2ccc(F)c(C(=O)Nc3cccc(C(C)C)c3)c2)n1. The van der Waals surface area contributed by atoms with Gasteiger partial charge in [-0.15, -0.1) is 0 Å². The van der Waals surface area contributed by atoms with Crippen molar-refractivity contribution in [1.82, 2.24) is 19.9 Å². The summed E-state index contributed by atoms with van der Waals surface area (Å²) in [6.07, 6.45) is 3.66. The van der Waals surface area contributed by atoms with Crippen LogP contribution in [0.3, 0.4) is 0 Å². The first kappa shape index (κ1) is 23.0. The molecule has 0 aliphatic carbocycles. The van der Waals surface area contributed by atoms with Crippen molar-refractivity contribution in [2.45, 2.75) is 33.1 Å². The second kappa shape index (κ2) is 10.2. The molecule has 2 heterocycles. The third kappa shape index (κ3) is 5.23. The number of nitrogens with zero attached hydrogens (tertiary/aromatic N) is 4. The number of halogens is 1. The summed E-state index contributed by atoms with van der Waals surface area (Å²) < 4.78 is 20.5. The number of anilines is 1. The van der Waals surface area contributed by atoms with Gasteiger partial charge in [0, 0.05) is 18.3 Å². The topological polar surface area (TPSA) is 89.9 Å². The van der Waals surface area contributed by atoms with Gasteiger partial charge < -0.3 is 10.1 Å². The third-order valence-corrected chi connectivity index (χ3v) is 5.16. The van der Waals surface area contributed by atoms with Crippen LogP contribution in [-0.4, -0.2) is 25.8 Å². The van der Waals surface area contributed by atoms with E-state index in [1.807, 2.05) is 25.1 Å². The first-order chi connectivity index (χ1) is 16.4. The highest BCUT2D eigenvalue weighted by Gasteiger charge is 2.17. The molecule has 4 rings (SSSR count). The summed E-state index contributed by atoms with van der Waals surface area (Å²) in [5, 5.41) is 2.76. The number of rotatable bonds is 7. The molecule has 34 heavy (non-hydrogen) atoms. The van der Waals surface area contributed by atoms with Gasteiger partial charge in [-0.05, 0) is 53.9 Å². The highest BCUT2D eigenvalue weighted by atomic mass is 19.1. The Morgan fingerprint density at radius 2 is 1.91 bits per heavy atom. The molecule has 1 N–H and O–H groups in total. The van der Waals surface area contributed by atoms with Gasteiger partial charge in [0.05, 0.1) is 11.1 Å². The van der Waals surface area contributed by atoms with E-state index in [1.165, 1.54) is 24.5 Å². The van der Waals surface area contributed by atoms with Crippen LogP contribution in [0.2, 0.25) is 0 Å². The molecule has 2 aromatic heterocycles. The molecule has 1 amide bonds. The van der Waals surface area contributed by atoms with Crippen molar-refractivity contribution in [3.05, 3.63) is 89.9 Å². The number of nitrogens with one attached hydrogen (secondary N) is 1. The van der Waals surface area contributed by atoms with Gasteiger partial charge in [0.25, 0.3) is 5.91 Å². The Bertz CT molecular complexity index is 1330. The molecule has 0 bridgehead atoms. The van der Waals surface area contributed by atoms with E-state index < -0.39 is 11.7 Å². The Balaban J connectivity index is 1.60. The predicted octanol–water partition coefficient (Wildman–Crippen LogP) is 5.80. The van der Waals surface area contributed by atoms with Gasteiger partial charge in [-0.2, -0.15) is 0 Å². The molecule has 0 radical (unpaired) electrons. The first-order valence-electron chi connectivity index (χ1n) is 11.0. The van der Waals surface area contributed by atoms with Crippen LogP contribution in [0.25, 0.3) is 11.4 Å². The summed E-state index contributed by atoms with van der Waals surface area (Å²) in [5.74, 6) is 0.620. The number of hydrogen-bond donors (Lipinski definition) is 1. The normalized spacial score (nSPS) is 10.9. The summed E-state index contributed by atoms with van der Waals surface area (Å²) in [6, 6.07) is 15.0. The van der Waals surface area contributed by atoms with E-state index in [-0.39, 0.29) is 17.2 Å². The van der Waals surface area contributed by atoms with Gasteiger partial charge in [-0.3, -0.25) is 4.79 Å². The second-order valence-electron chi connectivity index (χ2n) is 7.91. The number of carbonyl (C=O) groups is 1. The van der Waals surface area contributed by atoms with Crippen molar-refractivity contribution in [2.75, 3.05) is 5.32 Å². The molecule has 0 atom stereocenters. The van der Waals surface area contributed by atoms with Gasteiger partial charge in [-0.25, -0.2) is 24.3 Å². The molecule has 8 heteroatoms. The van der Waals surface area contributed by atoms with E-state index in [4.69, 9.17) is 4.74 Å². The number of ether oxygens (including phenoxy) is 1. The van der Waals surface area contributed by atoms with Crippen LogP contribution in [0.15, 0.2) is 67.1 Å². The Labute approximate surface area is 197 Å². The molecule has 0 unspecified atom stereocenters. The lowest BCUT2D eigenvalue weighted by Gasteiger charge is -2.12. The fourth-order valence-corrected chi connectivity index (χ4v) is 3.30. The van der Waals surface area contributed by atoms with Gasteiger partial charge in [0.2, 0.25) is 5.88 Å². The van der Waals surface area contributed by atoms with E-state index in [2.05, 4.69) is 39.1 Å². The number of aromatic nitrogens is 4. The number of amides is 1. The molecule has 0 aliphatic heterocycles. The van der Waals surface area contributed by atoms with Crippen molar-refractivity contribution in [3.63, 3.8) is 0 Å². The van der Waals surface area contributed by atoms with Gasteiger partial charge >= 0.3 is 0 Å². The van der Waals surface area contributed by atoms with Gasteiger partial charge in [0.15, 0.2) is 5.82 Å². The maximum Gasteiger partial charge on any atom is 0.258 e. The minimum absolute atomic E-state index is 0.140. The average Bonchev–Trinajstić information content (AvgIpc) is 2.85. The zero-order chi connectivity index (χ0) is 24.1. The molecule has 4 aromatic rings. The van der Waals surface area contributed by atoms with Crippen LogP contribution >= 0.6 is 0 Å². The zero-order valence-electron chi connectivity index (χ0n) is 19.1. The van der Waals surface area contributed by atoms with Gasteiger partial charge in [-0.1, -0.05) is 32.9 Å². The monoisotopic (exact) mass is 457 g/mol. The third-order valence-electron chi connectivity index (χ3n) is 5.16. The molecule has 0 saturated carbocycles.